The first kappa shape index (κ1) is 37.8. The molecule has 4 aromatic carbocycles. The molecular formula is C44H64AlN. The van der Waals surface area contributed by atoms with Crippen LogP contribution in [0.5, 0.6) is 0 Å². The quantitative estimate of drug-likeness (QED) is 0.143. The van der Waals surface area contributed by atoms with Crippen LogP contribution in [0.1, 0.15) is 104 Å². The molecule has 0 aliphatic heterocycles. The van der Waals surface area contributed by atoms with Gasteiger partial charge in [-0.25, -0.2) is 17.7 Å². The molecule has 0 saturated carbocycles. The molecule has 4 aromatic rings. The topological polar surface area (TPSA) is 4.44 Å². The maximum atomic E-state index is 2.44. The fourth-order valence-corrected chi connectivity index (χ4v) is 14.5. The Bertz CT molecular complexity index is 1320. The second-order valence-corrected chi connectivity index (χ2v) is 18.6. The summed E-state index contributed by atoms with van der Waals surface area (Å²) in [7, 11) is 0. The van der Waals surface area contributed by atoms with Crippen molar-refractivity contribution in [3.05, 3.63) is 117 Å². The molecule has 0 atom stereocenters. The van der Waals surface area contributed by atoms with Gasteiger partial charge in [-0.15, -0.1) is 24.3 Å². The zero-order chi connectivity index (χ0) is 33.9. The van der Waals surface area contributed by atoms with Crippen LogP contribution in [-0.4, -0.2) is 32.7 Å². The monoisotopic (exact) mass is 633 g/mol. The van der Waals surface area contributed by atoms with Crippen molar-refractivity contribution >= 4 is 30.8 Å². The van der Waals surface area contributed by atoms with Crippen molar-refractivity contribution in [1.29, 1.82) is 0 Å². The lowest BCUT2D eigenvalue weighted by atomic mass is 10.1. The van der Waals surface area contributed by atoms with E-state index in [1.54, 1.807) is 0 Å². The molecule has 0 amide bonds. The molecular weight excluding hydrogens is 569 g/mol. The lowest BCUT2D eigenvalue weighted by Gasteiger charge is -2.45. The van der Waals surface area contributed by atoms with Crippen LogP contribution in [0.3, 0.4) is 0 Å². The van der Waals surface area contributed by atoms with Gasteiger partial charge >= 0.3 is 0 Å². The molecule has 46 heavy (non-hydrogen) atoms. The SMILES string of the molecule is CCCC[NH+](CCCC)CCCC.Cc1cc[c]([Al-]([c]2ccc(C)cc2C)([c]2ccc(C)cc2C)[c]2ccc(C)cc2C)c(C)c1. The number of unbranched alkanes of at least 4 members (excludes halogenated alkanes) is 3. The van der Waals surface area contributed by atoms with E-state index in [9.17, 15) is 0 Å². The third kappa shape index (κ3) is 9.25. The molecule has 248 valence electrons. The number of nitrogens with one attached hydrogen (secondary N) is 1. The van der Waals surface area contributed by atoms with E-state index in [-0.39, 0.29) is 0 Å². The molecule has 0 aliphatic carbocycles. The summed E-state index contributed by atoms with van der Waals surface area (Å²) >= 11 is -3.00. The third-order valence-electron chi connectivity index (χ3n) is 10.2. The third-order valence-corrected chi connectivity index (χ3v) is 16.5. The lowest BCUT2D eigenvalue weighted by molar-refractivity contribution is -0.900. The molecule has 0 aromatic heterocycles. The maximum absolute atomic E-state index is 3.00. The summed E-state index contributed by atoms with van der Waals surface area (Å²) in [6, 6.07) is 28.5. The van der Waals surface area contributed by atoms with Gasteiger partial charge in [0.15, 0.2) is 0 Å². The van der Waals surface area contributed by atoms with Crippen molar-refractivity contribution in [2.45, 2.75) is 115 Å². The van der Waals surface area contributed by atoms with Gasteiger partial charge < -0.3 is 4.90 Å². The Morgan fingerprint density at radius 3 is 0.826 bits per heavy atom. The maximum Gasteiger partial charge on any atom is 0.268 e. The van der Waals surface area contributed by atoms with Gasteiger partial charge in [-0.2, -0.15) is 0 Å². The summed E-state index contributed by atoms with van der Waals surface area (Å²) < 4.78 is 6.11. The van der Waals surface area contributed by atoms with Crippen LogP contribution in [0.4, 0.5) is 0 Å². The normalized spacial score (nSPS) is 11.5. The zero-order valence-corrected chi connectivity index (χ0v) is 32.5. The summed E-state index contributed by atoms with van der Waals surface area (Å²) in [6.45, 7) is 29.1. The van der Waals surface area contributed by atoms with Gasteiger partial charge in [-0.05, 0) is 74.7 Å². The van der Waals surface area contributed by atoms with Gasteiger partial charge in [-0.1, -0.05) is 133 Å². The highest BCUT2D eigenvalue weighted by Crippen LogP contribution is 2.19. The van der Waals surface area contributed by atoms with E-state index in [1.165, 1.54) is 120 Å². The van der Waals surface area contributed by atoms with E-state index in [0.717, 1.165) is 0 Å². The Hall–Kier alpha value is -2.63. The van der Waals surface area contributed by atoms with E-state index in [0.29, 0.717) is 0 Å². The predicted octanol–water partition coefficient (Wildman–Crippen LogP) is 7.80. The Kier molecular flexibility index (Phi) is 14.9. The number of benzene rings is 4. The van der Waals surface area contributed by atoms with E-state index >= 15 is 0 Å². The number of aryl methyl sites for hydroxylation is 8. The molecule has 2 heteroatoms. The first-order valence-corrected chi connectivity index (χ1v) is 20.6. The Morgan fingerprint density at radius 1 is 0.391 bits per heavy atom. The molecule has 0 fully saturated rings. The zero-order valence-electron chi connectivity index (χ0n) is 31.4. The molecule has 0 bridgehead atoms. The Balaban J connectivity index is 0.000000376. The summed E-state index contributed by atoms with van der Waals surface area (Å²) in [6.07, 6.45) is 8.26. The second kappa shape index (κ2) is 18.1. The van der Waals surface area contributed by atoms with Crippen LogP contribution >= 0.6 is 0 Å². The summed E-state index contributed by atoms with van der Waals surface area (Å²) in [5.41, 5.74) is 10.9. The molecule has 0 radical (unpaired) electrons. The van der Waals surface area contributed by atoms with Crippen molar-refractivity contribution in [3.63, 3.8) is 0 Å². The second-order valence-electron chi connectivity index (χ2n) is 14.4. The Labute approximate surface area is 286 Å². The van der Waals surface area contributed by atoms with Crippen LogP contribution < -0.4 is 22.6 Å². The van der Waals surface area contributed by atoms with Crippen LogP contribution in [0.25, 0.3) is 0 Å². The fraction of sp³-hybridized carbons (Fsp3) is 0.455. The standard InChI is InChI=1S/C12H27N.4C8H9.Al/c1-4-7-10-13(11-8-5-2)12-9-6-3;4*1-7-4-3-5-8(2)6-7;/h4-12H2,1-3H3;4*3-4,6H,1-2H3;/q;;;;;-1/p+1. The van der Waals surface area contributed by atoms with Gasteiger partial charge in [0.05, 0.1) is 19.6 Å². The number of rotatable bonds is 13. The molecule has 0 saturated heterocycles. The summed E-state index contributed by atoms with van der Waals surface area (Å²) in [4.78, 5) is 1.84. The highest BCUT2D eigenvalue weighted by molar-refractivity contribution is 7.20. The number of hydrogen-bond donors (Lipinski definition) is 1. The summed E-state index contributed by atoms with van der Waals surface area (Å²) in [5, 5.41) is 0. The van der Waals surface area contributed by atoms with Crippen LogP contribution in [0, 0.1) is 55.4 Å². The van der Waals surface area contributed by atoms with E-state index in [2.05, 4.69) is 149 Å². The average molecular weight is 634 g/mol. The van der Waals surface area contributed by atoms with Crippen molar-refractivity contribution in [2.75, 3.05) is 19.6 Å². The van der Waals surface area contributed by atoms with Gasteiger partial charge in [0, 0.05) is 0 Å². The van der Waals surface area contributed by atoms with E-state index < -0.39 is 13.1 Å². The summed E-state index contributed by atoms with van der Waals surface area (Å²) in [5.74, 6) is 0. The van der Waals surface area contributed by atoms with Crippen molar-refractivity contribution in [1.82, 2.24) is 0 Å². The van der Waals surface area contributed by atoms with Gasteiger partial charge in [0.2, 0.25) is 0 Å². The van der Waals surface area contributed by atoms with E-state index in [1.807, 2.05) is 4.90 Å². The highest BCUT2D eigenvalue weighted by Gasteiger charge is 2.40. The molecule has 0 aliphatic rings. The number of quaternary nitrogens is 1. The minimum Gasteiger partial charge on any atom is -0.335 e. The molecule has 0 heterocycles. The van der Waals surface area contributed by atoms with Crippen LogP contribution in [0.15, 0.2) is 72.8 Å². The fourth-order valence-electron chi connectivity index (χ4n) is 7.91. The first-order chi connectivity index (χ1) is 22.0. The molecule has 4 rings (SSSR count). The van der Waals surface area contributed by atoms with Crippen molar-refractivity contribution in [2.24, 2.45) is 0 Å². The van der Waals surface area contributed by atoms with Crippen molar-refractivity contribution < 1.29 is 4.90 Å². The largest absolute Gasteiger partial charge is 0.335 e. The molecule has 0 unspecified atom stereocenters. The van der Waals surface area contributed by atoms with Gasteiger partial charge in [-0.3, -0.25) is 0 Å². The average Bonchev–Trinajstić information content (AvgIpc) is 3.00. The van der Waals surface area contributed by atoms with Crippen LogP contribution in [0.2, 0.25) is 0 Å². The van der Waals surface area contributed by atoms with E-state index in [4.69, 9.17) is 0 Å². The smallest absolute Gasteiger partial charge is 0.268 e. The van der Waals surface area contributed by atoms with Crippen molar-refractivity contribution in [3.8, 4) is 0 Å². The minimum absolute atomic E-state index is 1.32. The van der Waals surface area contributed by atoms with Gasteiger partial charge in [0.1, 0.15) is 0 Å². The highest BCUT2D eigenvalue weighted by atomic mass is 27.2. The molecule has 0 spiro atoms. The predicted molar refractivity (Wildman–Crippen MR) is 208 cm³/mol. The Morgan fingerprint density at radius 2 is 0.630 bits per heavy atom. The molecule has 1 N–H and O–H groups in total. The van der Waals surface area contributed by atoms with Gasteiger partial charge in [0.25, 0.3) is 13.1 Å². The first-order valence-electron chi connectivity index (χ1n) is 18.3. The number of hydrogen-bond acceptors (Lipinski definition) is 0. The minimum atomic E-state index is -3.00. The lowest BCUT2D eigenvalue weighted by Crippen LogP contribution is -3.12. The molecule has 1 nitrogen and oxygen atoms in total. The van der Waals surface area contributed by atoms with Crippen LogP contribution in [-0.2, 0) is 0 Å².